The maximum atomic E-state index is 10.8. The van der Waals surface area contributed by atoms with Gasteiger partial charge in [0.15, 0.2) is 0 Å². The van der Waals surface area contributed by atoms with Gasteiger partial charge in [0.05, 0.1) is 13.5 Å². The Morgan fingerprint density at radius 2 is 1.85 bits per heavy atom. The number of likely N-dealkylation sites (N-methyl/N-ethyl adjacent to an activating group) is 1. The van der Waals surface area contributed by atoms with Gasteiger partial charge in [-0.15, -0.1) is 0 Å². The van der Waals surface area contributed by atoms with Crippen LogP contribution in [-0.4, -0.2) is 41.7 Å². The van der Waals surface area contributed by atoms with Gasteiger partial charge >= 0.3 is 5.97 Å². The molecule has 0 bridgehead atoms. The Bertz CT molecular complexity index is 416. The van der Waals surface area contributed by atoms with Crippen molar-refractivity contribution in [3.8, 4) is 5.75 Å². The standard InChI is InChI=1S/C16H25NO3/c1-5-17(13(3)11-16(18)19)12(2)10-14-6-8-15(20-4)9-7-14/h6-9,12-13H,5,10-11H2,1-4H3,(H,18,19). The monoisotopic (exact) mass is 279 g/mol. The van der Waals surface area contributed by atoms with E-state index in [0.717, 1.165) is 18.7 Å². The molecular formula is C16H25NO3. The molecule has 0 aliphatic heterocycles. The summed E-state index contributed by atoms with van der Waals surface area (Å²) in [4.78, 5) is 13.1. The third-order valence-electron chi connectivity index (χ3n) is 3.66. The lowest BCUT2D eigenvalue weighted by Gasteiger charge is -2.33. The second-order valence-corrected chi connectivity index (χ2v) is 5.18. The molecule has 2 unspecified atom stereocenters. The molecule has 0 fully saturated rings. The highest BCUT2D eigenvalue weighted by Crippen LogP contribution is 2.16. The molecule has 1 aromatic rings. The van der Waals surface area contributed by atoms with Crippen molar-refractivity contribution >= 4 is 5.97 Å². The molecule has 0 spiro atoms. The zero-order chi connectivity index (χ0) is 15.1. The van der Waals surface area contributed by atoms with Gasteiger partial charge in [0.25, 0.3) is 0 Å². The molecule has 0 saturated heterocycles. The van der Waals surface area contributed by atoms with E-state index < -0.39 is 5.97 Å². The van der Waals surface area contributed by atoms with Gasteiger partial charge < -0.3 is 9.84 Å². The third-order valence-corrected chi connectivity index (χ3v) is 3.66. The van der Waals surface area contributed by atoms with E-state index in [4.69, 9.17) is 9.84 Å². The van der Waals surface area contributed by atoms with Crippen molar-refractivity contribution in [3.05, 3.63) is 29.8 Å². The highest BCUT2D eigenvalue weighted by Gasteiger charge is 2.20. The predicted octanol–water partition coefficient (Wildman–Crippen LogP) is 2.81. The second-order valence-electron chi connectivity index (χ2n) is 5.18. The van der Waals surface area contributed by atoms with Crippen LogP contribution in [-0.2, 0) is 11.2 Å². The fraction of sp³-hybridized carbons (Fsp3) is 0.562. The van der Waals surface area contributed by atoms with Crippen LogP contribution < -0.4 is 4.74 Å². The molecule has 1 rings (SSSR count). The molecule has 0 amide bonds. The van der Waals surface area contributed by atoms with Crippen LogP contribution in [0.4, 0.5) is 0 Å². The van der Waals surface area contributed by atoms with Gasteiger partial charge in [-0.3, -0.25) is 9.69 Å². The number of hydrogen-bond acceptors (Lipinski definition) is 3. The Kier molecular flexibility index (Phi) is 6.52. The van der Waals surface area contributed by atoms with Crippen molar-refractivity contribution in [1.82, 2.24) is 4.90 Å². The molecule has 0 aliphatic rings. The van der Waals surface area contributed by atoms with E-state index in [9.17, 15) is 4.79 Å². The van der Waals surface area contributed by atoms with Crippen LogP contribution in [0.1, 0.15) is 32.8 Å². The first kappa shape index (κ1) is 16.5. The Morgan fingerprint density at radius 3 is 2.30 bits per heavy atom. The van der Waals surface area contributed by atoms with Crippen molar-refractivity contribution in [2.45, 2.75) is 45.7 Å². The lowest BCUT2D eigenvalue weighted by Crippen LogP contribution is -2.42. The van der Waals surface area contributed by atoms with Crippen LogP contribution in [0.3, 0.4) is 0 Å². The molecule has 0 aromatic heterocycles. The third kappa shape index (κ3) is 4.85. The molecule has 0 heterocycles. The van der Waals surface area contributed by atoms with Crippen molar-refractivity contribution in [3.63, 3.8) is 0 Å². The Hall–Kier alpha value is -1.55. The average Bonchev–Trinajstić information content (AvgIpc) is 2.39. The number of methoxy groups -OCH3 is 1. The minimum Gasteiger partial charge on any atom is -0.497 e. The molecule has 0 radical (unpaired) electrons. The first-order valence-electron chi connectivity index (χ1n) is 7.08. The lowest BCUT2D eigenvalue weighted by molar-refractivity contribution is -0.138. The van der Waals surface area contributed by atoms with Gasteiger partial charge in [-0.2, -0.15) is 0 Å². The number of carbonyl (C=O) groups is 1. The van der Waals surface area contributed by atoms with E-state index in [-0.39, 0.29) is 12.5 Å². The van der Waals surface area contributed by atoms with Crippen LogP contribution in [0.15, 0.2) is 24.3 Å². The predicted molar refractivity (Wildman–Crippen MR) is 80.3 cm³/mol. The molecule has 112 valence electrons. The van der Waals surface area contributed by atoms with Gasteiger partial charge in [-0.05, 0) is 44.5 Å². The smallest absolute Gasteiger partial charge is 0.304 e. The number of carboxylic acid groups (broad SMARTS) is 1. The number of hydrogen-bond donors (Lipinski definition) is 1. The van der Waals surface area contributed by atoms with Crippen LogP contribution >= 0.6 is 0 Å². The first-order valence-corrected chi connectivity index (χ1v) is 7.08. The Balaban J connectivity index is 2.65. The first-order chi connectivity index (χ1) is 9.47. The quantitative estimate of drug-likeness (QED) is 0.795. The SMILES string of the molecule is CCN(C(C)CC(=O)O)C(C)Cc1ccc(OC)cc1. The summed E-state index contributed by atoms with van der Waals surface area (Å²) in [5.74, 6) is 0.112. The van der Waals surface area contributed by atoms with Crippen molar-refractivity contribution < 1.29 is 14.6 Å². The summed E-state index contributed by atoms with van der Waals surface area (Å²) in [6.45, 7) is 7.04. The Morgan fingerprint density at radius 1 is 1.25 bits per heavy atom. The van der Waals surface area contributed by atoms with E-state index in [1.165, 1.54) is 5.56 Å². The van der Waals surface area contributed by atoms with Crippen LogP contribution in [0.25, 0.3) is 0 Å². The van der Waals surface area contributed by atoms with Crippen molar-refractivity contribution in [2.75, 3.05) is 13.7 Å². The summed E-state index contributed by atoms with van der Waals surface area (Å²) < 4.78 is 5.15. The number of ether oxygens (including phenoxy) is 1. The number of nitrogens with zero attached hydrogens (tertiary/aromatic N) is 1. The van der Waals surface area contributed by atoms with Crippen molar-refractivity contribution in [1.29, 1.82) is 0 Å². The van der Waals surface area contributed by atoms with E-state index in [2.05, 4.69) is 30.9 Å². The minimum absolute atomic E-state index is 0.0470. The summed E-state index contributed by atoms with van der Waals surface area (Å²) in [5.41, 5.74) is 1.24. The average molecular weight is 279 g/mol. The molecule has 4 nitrogen and oxygen atoms in total. The number of aliphatic carboxylic acids is 1. The number of carboxylic acids is 1. The number of rotatable bonds is 8. The molecule has 1 aromatic carbocycles. The molecule has 0 aliphatic carbocycles. The van der Waals surface area contributed by atoms with Gasteiger partial charge in [0, 0.05) is 12.1 Å². The maximum Gasteiger partial charge on any atom is 0.304 e. The highest BCUT2D eigenvalue weighted by molar-refractivity contribution is 5.67. The van der Waals surface area contributed by atoms with Gasteiger partial charge in [0.1, 0.15) is 5.75 Å². The zero-order valence-corrected chi connectivity index (χ0v) is 12.8. The lowest BCUT2D eigenvalue weighted by atomic mass is 10.0. The zero-order valence-electron chi connectivity index (χ0n) is 12.8. The summed E-state index contributed by atoms with van der Waals surface area (Å²) in [7, 11) is 1.66. The molecule has 4 heteroatoms. The molecule has 1 N–H and O–H groups in total. The fourth-order valence-corrected chi connectivity index (χ4v) is 2.65. The maximum absolute atomic E-state index is 10.8. The Labute approximate surface area is 121 Å². The summed E-state index contributed by atoms with van der Waals surface area (Å²) in [6, 6.07) is 8.39. The fourth-order valence-electron chi connectivity index (χ4n) is 2.65. The number of benzene rings is 1. The van der Waals surface area contributed by atoms with E-state index in [1.807, 2.05) is 19.1 Å². The molecule has 20 heavy (non-hydrogen) atoms. The van der Waals surface area contributed by atoms with E-state index >= 15 is 0 Å². The highest BCUT2D eigenvalue weighted by atomic mass is 16.5. The van der Waals surface area contributed by atoms with Gasteiger partial charge in [0.2, 0.25) is 0 Å². The topological polar surface area (TPSA) is 49.8 Å². The summed E-state index contributed by atoms with van der Waals surface area (Å²) >= 11 is 0. The molecular weight excluding hydrogens is 254 g/mol. The van der Waals surface area contributed by atoms with Gasteiger partial charge in [-0.1, -0.05) is 19.1 Å². The minimum atomic E-state index is -0.743. The summed E-state index contributed by atoms with van der Waals surface area (Å²) in [5, 5.41) is 8.92. The van der Waals surface area contributed by atoms with Crippen LogP contribution in [0, 0.1) is 0 Å². The van der Waals surface area contributed by atoms with Gasteiger partial charge in [-0.25, -0.2) is 0 Å². The van der Waals surface area contributed by atoms with Crippen LogP contribution in [0.5, 0.6) is 5.75 Å². The van der Waals surface area contributed by atoms with Crippen molar-refractivity contribution in [2.24, 2.45) is 0 Å². The summed E-state index contributed by atoms with van der Waals surface area (Å²) in [6.07, 6.45) is 1.09. The second kappa shape index (κ2) is 7.90. The normalized spacial score (nSPS) is 14.1. The van der Waals surface area contributed by atoms with Crippen LogP contribution in [0.2, 0.25) is 0 Å². The molecule has 0 saturated carbocycles. The van der Waals surface area contributed by atoms with E-state index in [1.54, 1.807) is 7.11 Å². The largest absolute Gasteiger partial charge is 0.497 e. The van der Waals surface area contributed by atoms with E-state index in [0.29, 0.717) is 6.04 Å². The molecule has 2 atom stereocenters.